The van der Waals surface area contributed by atoms with E-state index in [0.29, 0.717) is 5.25 Å². The zero-order chi connectivity index (χ0) is 8.77. The molecule has 0 N–H and O–H groups in total. The first-order chi connectivity index (χ1) is 5.73. The second kappa shape index (κ2) is 2.93. The summed E-state index contributed by atoms with van der Waals surface area (Å²) in [4.78, 5) is 0. The Balaban J connectivity index is 2.23. The van der Waals surface area contributed by atoms with Gasteiger partial charge >= 0.3 is 0 Å². The van der Waals surface area contributed by atoms with Gasteiger partial charge in [-0.15, -0.1) is 0 Å². The summed E-state index contributed by atoms with van der Waals surface area (Å²) in [7, 11) is 7.57. The predicted octanol–water partition coefficient (Wildman–Crippen LogP) is 0.790. The number of rotatable bonds is 2. The molecule has 12 heavy (non-hydrogen) atoms. The molecule has 2 saturated heterocycles. The van der Waals surface area contributed by atoms with E-state index in [-0.39, 0.29) is 17.7 Å². The molecule has 0 spiro atoms. The molecular weight excluding hydrogens is 171 g/mol. The fourth-order valence-corrected chi connectivity index (χ4v) is 3.84. The Morgan fingerprint density at radius 1 is 1.75 bits per heavy atom. The molecule has 4 atom stereocenters. The molecule has 0 saturated carbocycles. The summed E-state index contributed by atoms with van der Waals surface area (Å²) in [5.41, 5.74) is -0.0938. The van der Waals surface area contributed by atoms with Crippen molar-refractivity contribution in [3.05, 3.63) is 0 Å². The third-order valence-corrected chi connectivity index (χ3v) is 4.44. The SMILES string of the molecule is [B][C@@H]1O[C@]2(CC)CS[C@@H]1C2OC. The van der Waals surface area contributed by atoms with Gasteiger partial charge in [-0.3, -0.25) is 0 Å². The number of fused-ring (bicyclic) bond motifs is 2. The smallest absolute Gasteiger partial charge is 0.110 e. The van der Waals surface area contributed by atoms with Crippen molar-refractivity contribution in [2.75, 3.05) is 12.9 Å². The molecular formula is C8H13BO2S. The minimum Gasteiger partial charge on any atom is -0.377 e. The van der Waals surface area contributed by atoms with E-state index < -0.39 is 0 Å². The molecule has 4 heteroatoms. The summed E-state index contributed by atoms with van der Waals surface area (Å²) >= 11 is 1.88. The molecule has 0 aromatic heterocycles. The van der Waals surface area contributed by atoms with E-state index in [0.717, 1.165) is 12.2 Å². The third-order valence-electron chi connectivity index (χ3n) is 2.88. The molecule has 2 fully saturated rings. The first kappa shape index (κ1) is 8.91. The van der Waals surface area contributed by atoms with Crippen LogP contribution >= 0.6 is 11.8 Å². The normalized spacial score (nSPS) is 51.7. The van der Waals surface area contributed by atoms with E-state index in [1.807, 2.05) is 11.8 Å². The topological polar surface area (TPSA) is 18.5 Å². The Hall–Kier alpha value is 0.335. The van der Waals surface area contributed by atoms with Crippen LogP contribution in [0.4, 0.5) is 0 Å². The lowest BCUT2D eigenvalue weighted by molar-refractivity contribution is -0.0626. The number of hydrogen-bond acceptors (Lipinski definition) is 3. The predicted molar refractivity (Wildman–Crippen MR) is 50.7 cm³/mol. The Bertz CT molecular complexity index is 190. The number of ether oxygens (including phenoxy) is 2. The Labute approximate surface area is 78.8 Å². The molecule has 1 unspecified atom stereocenters. The molecule has 2 heterocycles. The van der Waals surface area contributed by atoms with Crippen LogP contribution in [0.25, 0.3) is 0 Å². The van der Waals surface area contributed by atoms with Crippen molar-refractivity contribution in [1.29, 1.82) is 0 Å². The fourth-order valence-electron chi connectivity index (χ4n) is 2.15. The largest absolute Gasteiger partial charge is 0.377 e. The van der Waals surface area contributed by atoms with Crippen molar-refractivity contribution in [2.45, 2.75) is 36.3 Å². The molecule has 66 valence electrons. The van der Waals surface area contributed by atoms with E-state index in [9.17, 15) is 0 Å². The van der Waals surface area contributed by atoms with Crippen LogP contribution in [0.3, 0.4) is 0 Å². The van der Waals surface area contributed by atoms with Crippen molar-refractivity contribution >= 4 is 19.6 Å². The van der Waals surface area contributed by atoms with Gasteiger partial charge < -0.3 is 9.47 Å². The number of hydrogen-bond donors (Lipinski definition) is 0. The van der Waals surface area contributed by atoms with Crippen molar-refractivity contribution in [3.63, 3.8) is 0 Å². The number of thioether (sulfide) groups is 1. The third kappa shape index (κ3) is 0.979. The highest BCUT2D eigenvalue weighted by Crippen LogP contribution is 2.49. The van der Waals surface area contributed by atoms with Gasteiger partial charge in [-0.2, -0.15) is 11.8 Å². The highest BCUT2D eigenvalue weighted by atomic mass is 32.2. The van der Waals surface area contributed by atoms with Crippen LogP contribution in [0.5, 0.6) is 0 Å². The summed E-state index contributed by atoms with van der Waals surface area (Å²) in [5.74, 6) is 1.03. The van der Waals surface area contributed by atoms with Gasteiger partial charge in [0.15, 0.2) is 0 Å². The monoisotopic (exact) mass is 184 g/mol. The molecule has 0 aromatic carbocycles. The fraction of sp³-hybridized carbons (Fsp3) is 1.00. The van der Waals surface area contributed by atoms with Crippen LogP contribution in [0.1, 0.15) is 13.3 Å². The van der Waals surface area contributed by atoms with Crippen LogP contribution in [0.15, 0.2) is 0 Å². The van der Waals surface area contributed by atoms with Crippen LogP contribution < -0.4 is 0 Å². The van der Waals surface area contributed by atoms with E-state index >= 15 is 0 Å². The lowest BCUT2D eigenvalue weighted by atomic mass is 9.91. The maximum atomic E-state index is 5.82. The Morgan fingerprint density at radius 2 is 2.50 bits per heavy atom. The van der Waals surface area contributed by atoms with Gasteiger partial charge in [-0.05, 0) is 6.42 Å². The maximum Gasteiger partial charge on any atom is 0.110 e. The molecule has 2 nitrogen and oxygen atoms in total. The summed E-state index contributed by atoms with van der Waals surface area (Å²) in [5, 5.41) is 0.343. The van der Waals surface area contributed by atoms with Gasteiger partial charge in [0.25, 0.3) is 0 Å². The molecule has 0 aromatic rings. The molecule has 2 aliphatic rings. The lowest BCUT2D eigenvalue weighted by Gasteiger charge is -2.29. The highest BCUT2D eigenvalue weighted by Gasteiger charge is 2.58. The number of methoxy groups -OCH3 is 1. The molecule has 0 amide bonds. The summed E-state index contributed by atoms with van der Waals surface area (Å²) in [6.45, 7) is 2.13. The average Bonchev–Trinajstić information content (AvgIpc) is 2.56. The zero-order valence-corrected chi connectivity index (χ0v) is 8.26. The second-order valence-corrected chi connectivity index (χ2v) is 4.60. The van der Waals surface area contributed by atoms with Crippen LogP contribution in [0, 0.1) is 0 Å². The second-order valence-electron chi connectivity index (χ2n) is 3.43. The average molecular weight is 184 g/mol. The first-order valence-corrected chi connectivity index (χ1v) is 5.36. The van der Waals surface area contributed by atoms with Gasteiger partial charge in [0.05, 0.1) is 5.25 Å². The standard InChI is InChI=1S/C8H13BO2S/c1-3-8-4-12-5(6(8)10-2)7(9)11-8/h5-7H,3-4H2,1-2H3/t5-,6?,7-,8-/m1/s1. The van der Waals surface area contributed by atoms with Crippen molar-refractivity contribution in [1.82, 2.24) is 0 Å². The van der Waals surface area contributed by atoms with Gasteiger partial charge in [0, 0.05) is 18.9 Å². The zero-order valence-electron chi connectivity index (χ0n) is 7.45. The van der Waals surface area contributed by atoms with Gasteiger partial charge in [0.1, 0.15) is 19.6 Å². The summed E-state index contributed by atoms with van der Waals surface area (Å²) in [6, 6.07) is -0.131. The van der Waals surface area contributed by atoms with Crippen LogP contribution in [-0.4, -0.2) is 43.7 Å². The molecule has 2 radical (unpaired) electrons. The summed E-state index contributed by atoms with van der Waals surface area (Å²) < 4.78 is 11.2. The van der Waals surface area contributed by atoms with Crippen LogP contribution in [0.2, 0.25) is 0 Å². The van der Waals surface area contributed by atoms with Crippen LogP contribution in [-0.2, 0) is 9.47 Å². The van der Waals surface area contributed by atoms with Gasteiger partial charge in [-0.1, -0.05) is 6.92 Å². The molecule has 2 bridgehead atoms. The van der Waals surface area contributed by atoms with E-state index in [2.05, 4.69) is 6.92 Å². The highest BCUT2D eigenvalue weighted by molar-refractivity contribution is 8.00. The van der Waals surface area contributed by atoms with E-state index in [1.54, 1.807) is 7.11 Å². The molecule has 0 aliphatic carbocycles. The quantitative estimate of drug-likeness (QED) is 0.591. The molecule has 2 aliphatic heterocycles. The van der Waals surface area contributed by atoms with Crippen molar-refractivity contribution in [2.24, 2.45) is 0 Å². The minimum atomic E-state index is -0.131. The first-order valence-electron chi connectivity index (χ1n) is 4.31. The van der Waals surface area contributed by atoms with Gasteiger partial charge in [-0.25, -0.2) is 0 Å². The molecule has 2 rings (SSSR count). The van der Waals surface area contributed by atoms with Crippen molar-refractivity contribution in [3.8, 4) is 0 Å². The van der Waals surface area contributed by atoms with Crippen molar-refractivity contribution < 1.29 is 9.47 Å². The lowest BCUT2D eigenvalue weighted by Crippen LogP contribution is -2.40. The Morgan fingerprint density at radius 3 is 2.92 bits per heavy atom. The van der Waals surface area contributed by atoms with E-state index in [1.165, 1.54) is 0 Å². The summed E-state index contributed by atoms with van der Waals surface area (Å²) in [6.07, 6.45) is 1.19. The maximum absolute atomic E-state index is 5.82. The van der Waals surface area contributed by atoms with E-state index in [4.69, 9.17) is 17.3 Å². The van der Waals surface area contributed by atoms with Gasteiger partial charge in [0.2, 0.25) is 0 Å². The Kier molecular flexibility index (Phi) is 2.17. The minimum absolute atomic E-state index is 0.0938.